The van der Waals surface area contributed by atoms with Gasteiger partial charge >= 0.3 is 11.9 Å². The third kappa shape index (κ3) is 5.08. The smallest absolute Gasteiger partial charge is 0.333 e. The molecule has 3 rings (SSSR count). The minimum Gasteiger partial charge on any atom is -0.333 e. The van der Waals surface area contributed by atoms with E-state index in [0.717, 1.165) is 36.3 Å². The summed E-state index contributed by atoms with van der Waals surface area (Å²) in [7, 11) is 0. The van der Waals surface area contributed by atoms with E-state index in [1.165, 1.54) is 0 Å². The summed E-state index contributed by atoms with van der Waals surface area (Å²) in [6.45, 7) is 0. The van der Waals surface area contributed by atoms with Crippen molar-refractivity contribution in [1.29, 1.82) is 0 Å². The fourth-order valence-electron chi connectivity index (χ4n) is 2.23. The van der Waals surface area contributed by atoms with Crippen molar-refractivity contribution in [1.82, 2.24) is 9.97 Å². The van der Waals surface area contributed by atoms with Gasteiger partial charge in [0.25, 0.3) is 0 Å². The fourth-order valence-corrected chi connectivity index (χ4v) is 3.39. The lowest BCUT2D eigenvalue weighted by atomic mass is 10.2. The third-order valence-corrected chi connectivity index (χ3v) is 5.13. The van der Waals surface area contributed by atoms with E-state index in [-0.39, 0.29) is 21.6 Å². The molecular formula is C17H9Cl2F3N4O2S. The molecule has 1 aromatic heterocycles. The van der Waals surface area contributed by atoms with E-state index in [2.05, 4.69) is 15.3 Å². The van der Waals surface area contributed by atoms with Crippen molar-refractivity contribution >= 4 is 52.2 Å². The van der Waals surface area contributed by atoms with Crippen molar-refractivity contribution in [2.75, 3.05) is 5.32 Å². The van der Waals surface area contributed by atoms with Crippen LogP contribution >= 0.6 is 35.0 Å². The number of nitrogens with zero attached hydrogens (tertiary/aromatic N) is 3. The second kappa shape index (κ2) is 8.44. The molecule has 0 aliphatic carbocycles. The average molecular weight is 461 g/mol. The van der Waals surface area contributed by atoms with Crippen molar-refractivity contribution in [3.63, 3.8) is 0 Å². The van der Waals surface area contributed by atoms with Crippen molar-refractivity contribution in [2.24, 2.45) is 0 Å². The summed E-state index contributed by atoms with van der Waals surface area (Å²) in [4.78, 5) is 19.3. The highest BCUT2D eigenvalue weighted by molar-refractivity contribution is 7.99. The lowest BCUT2D eigenvalue weighted by Gasteiger charge is -2.12. The highest BCUT2D eigenvalue weighted by atomic mass is 35.5. The highest BCUT2D eigenvalue weighted by Crippen LogP contribution is 2.40. The molecule has 0 amide bonds. The van der Waals surface area contributed by atoms with Gasteiger partial charge in [-0.25, -0.2) is 9.97 Å². The molecule has 1 heterocycles. The van der Waals surface area contributed by atoms with Crippen LogP contribution in [-0.4, -0.2) is 14.9 Å². The van der Waals surface area contributed by atoms with Gasteiger partial charge in [-0.15, -0.1) is 0 Å². The van der Waals surface area contributed by atoms with Gasteiger partial charge in [0.15, 0.2) is 5.03 Å². The summed E-state index contributed by atoms with van der Waals surface area (Å²) in [5, 5.41) is 14.6. The van der Waals surface area contributed by atoms with Crippen LogP contribution in [0, 0.1) is 10.1 Å². The largest absolute Gasteiger partial charge is 0.416 e. The predicted molar refractivity (Wildman–Crippen MR) is 104 cm³/mol. The molecule has 12 heteroatoms. The molecule has 150 valence electrons. The molecule has 0 bridgehead atoms. The summed E-state index contributed by atoms with van der Waals surface area (Å²) < 4.78 is 38.9. The van der Waals surface area contributed by atoms with Crippen LogP contribution in [0.1, 0.15) is 5.56 Å². The molecule has 0 aliphatic heterocycles. The van der Waals surface area contributed by atoms with Crippen LogP contribution in [0.2, 0.25) is 10.0 Å². The number of alkyl halides is 3. The van der Waals surface area contributed by atoms with Gasteiger partial charge in [-0.05, 0) is 42.5 Å². The number of rotatable bonds is 5. The Morgan fingerprint density at radius 1 is 1.07 bits per heavy atom. The zero-order valence-electron chi connectivity index (χ0n) is 14.1. The molecule has 0 unspecified atom stereocenters. The molecule has 0 aliphatic rings. The number of aromatic nitrogens is 2. The van der Waals surface area contributed by atoms with Crippen LogP contribution in [0.15, 0.2) is 58.7 Å². The molecule has 0 fully saturated rings. The average Bonchev–Trinajstić information content (AvgIpc) is 2.64. The molecule has 2 aromatic carbocycles. The van der Waals surface area contributed by atoms with Gasteiger partial charge in [0.05, 0.1) is 21.2 Å². The summed E-state index contributed by atoms with van der Waals surface area (Å²) in [6.07, 6.45) is -3.54. The molecule has 0 saturated heterocycles. The number of anilines is 2. The minimum atomic E-state index is -4.60. The molecular weight excluding hydrogens is 452 g/mol. The van der Waals surface area contributed by atoms with Gasteiger partial charge < -0.3 is 5.32 Å². The summed E-state index contributed by atoms with van der Waals surface area (Å²) >= 11 is 12.8. The van der Waals surface area contributed by atoms with Gasteiger partial charge in [0.2, 0.25) is 5.82 Å². The van der Waals surface area contributed by atoms with Crippen LogP contribution in [-0.2, 0) is 6.18 Å². The topological polar surface area (TPSA) is 81.0 Å². The zero-order valence-corrected chi connectivity index (χ0v) is 16.4. The van der Waals surface area contributed by atoms with Gasteiger partial charge in [0.1, 0.15) is 6.33 Å². The van der Waals surface area contributed by atoms with E-state index >= 15 is 0 Å². The molecule has 0 atom stereocenters. The van der Waals surface area contributed by atoms with E-state index in [1.807, 2.05) is 0 Å². The van der Waals surface area contributed by atoms with Crippen LogP contribution < -0.4 is 5.32 Å². The maximum Gasteiger partial charge on any atom is 0.416 e. The number of benzene rings is 2. The number of halogens is 5. The highest BCUT2D eigenvalue weighted by Gasteiger charge is 2.31. The quantitative estimate of drug-likeness (QED) is 0.262. The Labute approximate surface area is 176 Å². The Balaban J connectivity index is 2.00. The molecule has 1 N–H and O–H groups in total. The first-order valence-electron chi connectivity index (χ1n) is 7.71. The first-order chi connectivity index (χ1) is 13.6. The Morgan fingerprint density at radius 3 is 2.38 bits per heavy atom. The lowest BCUT2D eigenvalue weighted by molar-refractivity contribution is -0.387. The Morgan fingerprint density at radius 2 is 1.76 bits per heavy atom. The lowest BCUT2D eigenvalue weighted by Crippen LogP contribution is -2.07. The minimum absolute atomic E-state index is 0.00193. The maximum atomic E-state index is 13.0. The maximum absolute atomic E-state index is 13.0. The van der Waals surface area contributed by atoms with Crippen molar-refractivity contribution in [2.45, 2.75) is 16.1 Å². The molecule has 0 radical (unpaired) electrons. The van der Waals surface area contributed by atoms with Crippen molar-refractivity contribution in [3.8, 4) is 0 Å². The first kappa shape index (κ1) is 21.2. The van der Waals surface area contributed by atoms with E-state index < -0.39 is 22.4 Å². The summed E-state index contributed by atoms with van der Waals surface area (Å²) in [5.41, 5.74) is -1.64. The normalized spacial score (nSPS) is 11.3. The number of hydrogen-bond donors (Lipinski definition) is 1. The van der Waals surface area contributed by atoms with Crippen LogP contribution in [0.4, 0.5) is 30.4 Å². The van der Waals surface area contributed by atoms with Crippen LogP contribution in [0.25, 0.3) is 0 Å². The number of nitrogens with one attached hydrogen (secondary N) is 1. The van der Waals surface area contributed by atoms with Gasteiger partial charge in [-0.3, -0.25) is 10.1 Å². The van der Waals surface area contributed by atoms with E-state index in [0.29, 0.717) is 9.92 Å². The molecule has 0 spiro atoms. The molecule has 29 heavy (non-hydrogen) atoms. The van der Waals surface area contributed by atoms with Crippen molar-refractivity contribution < 1.29 is 18.1 Å². The van der Waals surface area contributed by atoms with E-state index in [1.54, 1.807) is 24.3 Å². The second-order valence-electron chi connectivity index (χ2n) is 5.51. The van der Waals surface area contributed by atoms with E-state index in [4.69, 9.17) is 23.2 Å². The van der Waals surface area contributed by atoms with Gasteiger partial charge in [0, 0.05) is 9.92 Å². The Hall–Kier alpha value is -2.56. The standard InChI is InChI=1S/C17H9Cl2F3N4O2S/c18-10-2-4-11(5-3-10)29-16-14(26(27)28)15(23-8-24-16)25-13-7-9(17(20,21)22)1-6-12(13)19/h1-8H,(H,23,24,25). The summed E-state index contributed by atoms with van der Waals surface area (Å²) in [5.74, 6) is -0.289. The van der Waals surface area contributed by atoms with Crippen LogP contribution in [0.5, 0.6) is 0 Å². The van der Waals surface area contributed by atoms with Gasteiger partial charge in [-0.2, -0.15) is 13.2 Å². The molecule has 6 nitrogen and oxygen atoms in total. The van der Waals surface area contributed by atoms with Gasteiger partial charge in [-0.1, -0.05) is 35.0 Å². The number of hydrogen-bond acceptors (Lipinski definition) is 6. The van der Waals surface area contributed by atoms with E-state index in [9.17, 15) is 23.3 Å². The first-order valence-corrected chi connectivity index (χ1v) is 9.29. The molecule has 3 aromatic rings. The zero-order chi connectivity index (χ0) is 21.2. The molecule has 0 saturated carbocycles. The third-order valence-electron chi connectivity index (χ3n) is 3.55. The SMILES string of the molecule is O=[N+]([O-])c1c(Nc2cc(C(F)(F)F)ccc2Cl)ncnc1Sc1ccc(Cl)cc1. The number of nitro groups is 1. The summed E-state index contributed by atoms with van der Waals surface area (Å²) in [6, 6.07) is 9.12. The Bertz CT molecular complexity index is 1070. The monoisotopic (exact) mass is 460 g/mol. The van der Waals surface area contributed by atoms with Crippen LogP contribution in [0.3, 0.4) is 0 Å². The van der Waals surface area contributed by atoms with Crippen molar-refractivity contribution in [3.05, 3.63) is 74.5 Å². The second-order valence-corrected chi connectivity index (χ2v) is 7.41. The fraction of sp³-hybridized carbons (Fsp3) is 0.0588. The predicted octanol–water partition coefficient (Wildman–Crippen LogP) is 6.61. The Kier molecular flexibility index (Phi) is 6.15.